The number of rotatable bonds is 6. The number of benzene rings is 1. The van der Waals surface area contributed by atoms with Crippen LogP contribution in [0.5, 0.6) is 5.75 Å². The van der Waals surface area contributed by atoms with Crippen molar-refractivity contribution in [2.45, 2.75) is 39.8 Å². The summed E-state index contributed by atoms with van der Waals surface area (Å²) in [6.45, 7) is 5.04. The molecule has 0 unspecified atom stereocenters. The largest absolute Gasteiger partial charge is 0.487 e. The van der Waals surface area contributed by atoms with Crippen LogP contribution in [0, 0.1) is 13.8 Å². The van der Waals surface area contributed by atoms with Crippen LogP contribution >= 0.6 is 0 Å². The van der Waals surface area contributed by atoms with Gasteiger partial charge in [0.25, 0.3) is 0 Å². The van der Waals surface area contributed by atoms with Gasteiger partial charge in [0, 0.05) is 48.2 Å². The van der Waals surface area contributed by atoms with Crippen molar-refractivity contribution in [3.05, 3.63) is 71.3 Å². The molecule has 1 fully saturated rings. The van der Waals surface area contributed by atoms with Gasteiger partial charge in [-0.1, -0.05) is 12.1 Å². The van der Waals surface area contributed by atoms with Crippen molar-refractivity contribution in [3.63, 3.8) is 0 Å². The predicted octanol–water partition coefficient (Wildman–Crippen LogP) is 4.15. The minimum absolute atomic E-state index is 0.199. The molecule has 1 aliphatic heterocycles. The van der Waals surface area contributed by atoms with Crippen LogP contribution in [0.3, 0.4) is 0 Å². The molecular weight excluding hydrogens is 462 g/mol. The van der Waals surface area contributed by atoms with Crippen molar-refractivity contribution in [1.82, 2.24) is 24.1 Å². The van der Waals surface area contributed by atoms with Gasteiger partial charge in [-0.3, -0.25) is 9.67 Å². The van der Waals surface area contributed by atoms with E-state index in [0.717, 1.165) is 51.1 Å². The molecule has 0 amide bonds. The number of sulfonamides is 1. The van der Waals surface area contributed by atoms with Crippen molar-refractivity contribution in [2.75, 3.05) is 12.3 Å². The molecule has 0 saturated carbocycles. The normalized spacial score (nSPS) is 16.0. The van der Waals surface area contributed by atoms with Crippen LogP contribution in [-0.4, -0.2) is 44.8 Å². The fourth-order valence-electron chi connectivity index (χ4n) is 4.63. The first-order valence-corrected chi connectivity index (χ1v) is 13.4. The van der Waals surface area contributed by atoms with E-state index < -0.39 is 10.0 Å². The SMILES string of the molecule is Cc1cc(-c2ccnn2C)c2cccc(OCc3c(C)ccnc3CN3CCCCS3(=O)=O)c2n1. The lowest BCUT2D eigenvalue weighted by molar-refractivity contribution is 0.303. The Bertz CT molecular complexity index is 1500. The van der Waals surface area contributed by atoms with Crippen molar-refractivity contribution in [2.24, 2.45) is 7.05 Å². The van der Waals surface area contributed by atoms with Crippen molar-refractivity contribution in [1.29, 1.82) is 0 Å². The topological polar surface area (TPSA) is 90.2 Å². The highest BCUT2D eigenvalue weighted by molar-refractivity contribution is 7.89. The Hall–Kier alpha value is -3.30. The summed E-state index contributed by atoms with van der Waals surface area (Å²) < 4.78 is 34.8. The van der Waals surface area contributed by atoms with E-state index in [4.69, 9.17) is 9.72 Å². The molecule has 0 aliphatic carbocycles. The number of ether oxygens (including phenoxy) is 1. The molecular formula is C26H29N5O3S. The van der Waals surface area contributed by atoms with Crippen LogP contribution in [0.1, 0.15) is 35.4 Å². The Morgan fingerprint density at radius 1 is 1.09 bits per heavy atom. The van der Waals surface area contributed by atoms with E-state index in [0.29, 0.717) is 18.7 Å². The minimum Gasteiger partial charge on any atom is -0.487 e. The second-order valence-electron chi connectivity index (χ2n) is 9.00. The fourth-order valence-corrected chi connectivity index (χ4v) is 6.18. The third-order valence-corrected chi connectivity index (χ3v) is 8.46. The number of aryl methyl sites for hydroxylation is 3. The van der Waals surface area contributed by atoms with E-state index in [1.807, 2.05) is 55.9 Å². The monoisotopic (exact) mass is 491 g/mol. The zero-order valence-corrected chi connectivity index (χ0v) is 21.0. The molecule has 0 bridgehead atoms. The lowest BCUT2D eigenvalue weighted by Crippen LogP contribution is -2.37. The summed E-state index contributed by atoms with van der Waals surface area (Å²) >= 11 is 0. The molecule has 5 rings (SSSR count). The fraction of sp³-hybridized carbons (Fsp3) is 0.346. The number of para-hydroxylation sites is 1. The summed E-state index contributed by atoms with van der Waals surface area (Å²) in [5, 5.41) is 5.30. The maximum absolute atomic E-state index is 12.5. The second-order valence-corrected chi connectivity index (χ2v) is 11.1. The average molecular weight is 492 g/mol. The molecule has 1 aromatic carbocycles. The number of hydrogen-bond acceptors (Lipinski definition) is 6. The third kappa shape index (κ3) is 4.66. The van der Waals surface area contributed by atoms with Gasteiger partial charge in [-0.2, -0.15) is 9.40 Å². The number of pyridine rings is 2. The van der Waals surface area contributed by atoms with Crippen LogP contribution in [0.15, 0.2) is 48.8 Å². The van der Waals surface area contributed by atoms with E-state index in [1.54, 1.807) is 16.7 Å². The highest BCUT2D eigenvalue weighted by Gasteiger charge is 2.27. The molecule has 4 aromatic rings. The van der Waals surface area contributed by atoms with E-state index >= 15 is 0 Å². The zero-order chi connectivity index (χ0) is 24.6. The first-order valence-electron chi connectivity index (χ1n) is 11.8. The molecule has 182 valence electrons. The summed E-state index contributed by atoms with van der Waals surface area (Å²) in [7, 11) is -1.32. The van der Waals surface area contributed by atoms with Gasteiger partial charge in [-0.15, -0.1) is 0 Å². The molecule has 0 N–H and O–H groups in total. The van der Waals surface area contributed by atoms with Gasteiger partial charge in [0.15, 0.2) is 0 Å². The van der Waals surface area contributed by atoms with Gasteiger partial charge in [-0.25, -0.2) is 13.4 Å². The van der Waals surface area contributed by atoms with Crippen LogP contribution in [0.2, 0.25) is 0 Å². The summed E-state index contributed by atoms with van der Waals surface area (Å²) in [6, 6.07) is 11.9. The van der Waals surface area contributed by atoms with E-state index in [9.17, 15) is 8.42 Å². The summed E-state index contributed by atoms with van der Waals surface area (Å²) in [6.07, 6.45) is 5.10. The average Bonchev–Trinajstić information content (AvgIpc) is 3.25. The molecule has 0 radical (unpaired) electrons. The molecule has 9 heteroatoms. The van der Waals surface area contributed by atoms with Gasteiger partial charge < -0.3 is 4.74 Å². The number of aromatic nitrogens is 4. The second kappa shape index (κ2) is 9.39. The standard InChI is InChI=1S/C26H29N5O3S/c1-18-9-11-27-23(16-31-13-4-5-14-35(31,32)33)22(18)17-34-25-8-6-7-20-21(15-19(2)29-26(20)25)24-10-12-28-30(24)3/h6-12,15H,4-5,13-14,16-17H2,1-3H3. The molecule has 0 atom stereocenters. The molecule has 1 saturated heterocycles. The van der Waals surface area contributed by atoms with Gasteiger partial charge >= 0.3 is 0 Å². The molecule has 8 nitrogen and oxygen atoms in total. The molecule has 3 aromatic heterocycles. The summed E-state index contributed by atoms with van der Waals surface area (Å²) in [5.74, 6) is 0.874. The lowest BCUT2D eigenvalue weighted by atomic mass is 10.0. The molecule has 4 heterocycles. The van der Waals surface area contributed by atoms with Crippen molar-refractivity contribution >= 4 is 20.9 Å². The Morgan fingerprint density at radius 3 is 2.71 bits per heavy atom. The van der Waals surface area contributed by atoms with Crippen molar-refractivity contribution < 1.29 is 13.2 Å². The first-order chi connectivity index (χ1) is 16.8. The smallest absolute Gasteiger partial charge is 0.214 e. The maximum Gasteiger partial charge on any atom is 0.214 e. The highest BCUT2D eigenvalue weighted by Crippen LogP contribution is 2.33. The maximum atomic E-state index is 12.5. The summed E-state index contributed by atoms with van der Waals surface area (Å²) in [5.41, 5.74) is 6.38. The minimum atomic E-state index is -3.25. The number of hydrogen-bond donors (Lipinski definition) is 0. The Morgan fingerprint density at radius 2 is 1.94 bits per heavy atom. The third-order valence-electron chi connectivity index (χ3n) is 6.56. The Labute approximate surface area is 205 Å². The van der Waals surface area contributed by atoms with Gasteiger partial charge in [0.2, 0.25) is 10.0 Å². The summed E-state index contributed by atoms with van der Waals surface area (Å²) in [4.78, 5) is 9.32. The molecule has 0 spiro atoms. The number of fused-ring (bicyclic) bond motifs is 1. The first kappa shape index (κ1) is 23.4. The van der Waals surface area contributed by atoms with Gasteiger partial charge in [0.05, 0.1) is 23.7 Å². The van der Waals surface area contributed by atoms with E-state index in [-0.39, 0.29) is 18.9 Å². The van der Waals surface area contributed by atoms with Crippen LogP contribution in [0.4, 0.5) is 0 Å². The highest BCUT2D eigenvalue weighted by atomic mass is 32.2. The predicted molar refractivity (Wildman–Crippen MR) is 135 cm³/mol. The van der Waals surface area contributed by atoms with Crippen LogP contribution in [-0.2, 0) is 30.2 Å². The van der Waals surface area contributed by atoms with Crippen molar-refractivity contribution in [3.8, 4) is 17.0 Å². The van der Waals surface area contributed by atoms with Gasteiger partial charge in [-0.05, 0) is 56.5 Å². The van der Waals surface area contributed by atoms with E-state index in [2.05, 4.69) is 16.1 Å². The van der Waals surface area contributed by atoms with Gasteiger partial charge in [0.1, 0.15) is 17.9 Å². The van der Waals surface area contributed by atoms with E-state index in [1.165, 1.54) is 0 Å². The Balaban J connectivity index is 1.48. The van der Waals surface area contributed by atoms with Crippen LogP contribution in [0.25, 0.3) is 22.2 Å². The quantitative estimate of drug-likeness (QED) is 0.402. The molecule has 35 heavy (non-hydrogen) atoms. The number of nitrogens with zero attached hydrogens (tertiary/aromatic N) is 5. The lowest BCUT2D eigenvalue weighted by Gasteiger charge is -2.26. The van der Waals surface area contributed by atoms with Crippen LogP contribution < -0.4 is 4.74 Å². The molecule has 1 aliphatic rings. The zero-order valence-electron chi connectivity index (χ0n) is 20.2. The Kier molecular flexibility index (Phi) is 6.29.